The fourth-order valence-corrected chi connectivity index (χ4v) is 5.57. The Morgan fingerprint density at radius 3 is 2.38 bits per heavy atom. The van der Waals surface area contributed by atoms with Crippen LogP contribution in [0.2, 0.25) is 0 Å². The van der Waals surface area contributed by atoms with Crippen molar-refractivity contribution in [3.63, 3.8) is 0 Å². The lowest BCUT2D eigenvalue weighted by molar-refractivity contribution is -0.126. The summed E-state index contributed by atoms with van der Waals surface area (Å²) < 4.78 is 56.1. The maximum Gasteiger partial charge on any atom is 0.387 e. The van der Waals surface area contributed by atoms with Crippen molar-refractivity contribution in [3.05, 3.63) is 59.2 Å². The van der Waals surface area contributed by atoms with Crippen molar-refractivity contribution in [2.24, 2.45) is 5.92 Å². The molecule has 0 aromatic heterocycles. The number of hydrogen-bond acceptors (Lipinski definition) is 4. The zero-order valence-corrected chi connectivity index (χ0v) is 19.0. The minimum absolute atomic E-state index is 0.0915. The lowest BCUT2D eigenvalue weighted by Crippen LogP contribution is -2.43. The molecule has 0 radical (unpaired) electrons. The smallest absolute Gasteiger partial charge is 0.387 e. The molecule has 0 spiro atoms. The molecule has 0 bridgehead atoms. The predicted octanol–water partition coefficient (Wildman–Crippen LogP) is 3.66. The first-order valence-electron chi connectivity index (χ1n) is 10.6. The summed E-state index contributed by atoms with van der Waals surface area (Å²) in [6.07, 6.45) is 1.49. The summed E-state index contributed by atoms with van der Waals surface area (Å²) in [5.41, 5.74) is 2.62. The number of hydrogen-bond donors (Lipinski definition) is 1. The van der Waals surface area contributed by atoms with Gasteiger partial charge in [0.1, 0.15) is 5.75 Å². The Hall–Kier alpha value is -2.52. The first-order chi connectivity index (χ1) is 15.2. The highest BCUT2D eigenvalue weighted by Gasteiger charge is 2.32. The van der Waals surface area contributed by atoms with E-state index in [0.717, 1.165) is 16.7 Å². The van der Waals surface area contributed by atoms with Gasteiger partial charge in [0, 0.05) is 25.6 Å². The Bertz CT molecular complexity index is 1030. The van der Waals surface area contributed by atoms with Crippen LogP contribution < -0.4 is 10.1 Å². The van der Waals surface area contributed by atoms with E-state index in [1.165, 1.54) is 16.4 Å². The summed E-state index contributed by atoms with van der Waals surface area (Å²) in [5, 5.41) is 2.89. The minimum atomic E-state index is -3.58. The number of carbonyl (C=O) groups excluding carboxylic acids is 1. The fourth-order valence-electron chi connectivity index (χ4n) is 3.90. The van der Waals surface area contributed by atoms with Gasteiger partial charge in [-0.3, -0.25) is 4.79 Å². The average Bonchev–Trinajstić information content (AvgIpc) is 2.74. The van der Waals surface area contributed by atoms with E-state index >= 15 is 0 Å². The first-order valence-corrected chi connectivity index (χ1v) is 12.0. The lowest BCUT2D eigenvalue weighted by atomic mass is 9.97. The van der Waals surface area contributed by atoms with Gasteiger partial charge in [-0.1, -0.05) is 29.8 Å². The van der Waals surface area contributed by atoms with Crippen LogP contribution in [0.5, 0.6) is 5.75 Å². The molecule has 1 aliphatic rings. The molecule has 1 heterocycles. The van der Waals surface area contributed by atoms with Crippen molar-refractivity contribution in [1.82, 2.24) is 9.62 Å². The van der Waals surface area contributed by atoms with Gasteiger partial charge < -0.3 is 10.1 Å². The van der Waals surface area contributed by atoms with Crippen LogP contribution in [0.15, 0.2) is 47.4 Å². The number of piperidine rings is 1. The number of sulfonamides is 1. The standard InChI is InChI=1S/C23H28F2N2O4S/c1-16-3-8-21(17(2)15-16)32(29,30)27-13-10-19(11-14-27)22(28)26-12-9-18-4-6-20(7-5-18)31-23(24)25/h3-8,15,19,23H,9-14H2,1-2H3,(H,26,28). The lowest BCUT2D eigenvalue weighted by Gasteiger charge is -2.31. The number of rotatable bonds is 8. The van der Waals surface area contributed by atoms with Crippen LogP contribution in [0.4, 0.5) is 8.78 Å². The molecular formula is C23H28F2N2O4S. The van der Waals surface area contributed by atoms with E-state index in [-0.39, 0.29) is 17.6 Å². The van der Waals surface area contributed by atoms with Gasteiger partial charge in [-0.25, -0.2) is 8.42 Å². The van der Waals surface area contributed by atoms with Crippen molar-refractivity contribution in [3.8, 4) is 5.75 Å². The van der Waals surface area contributed by atoms with E-state index in [4.69, 9.17) is 0 Å². The van der Waals surface area contributed by atoms with E-state index < -0.39 is 16.6 Å². The Kier molecular flexibility index (Phi) is 7.84. The van der Waals surface area contributed by atoms with Crippen LogP contribution in [0.25, 0.3) is 0 Å². The van der Waals surface area contributed by atoms with Crippen LogP contribution in [0, 0.1) is 19.8 Å². The summed E-state index contributed by atoms with van der Waals surface area (Å²) in [7, 11) is -3.58. The molecule has 1 saturated heterocycles. The van der Waals surface area contributed by atoms with Gasteiger partial charge in [0.05, 0.1) is 4.90 Å². The maximum absolute atomic E-state index is 13.0. The van der Waals surface area contributed by atoms with Crippen LogP contribution in [-0.2, 0) is 21.2 Å². The van der Waals surface area contributed by atoms with Crippen LogP contribution in [-0.4, -0.2) is 44.9 Å². The van der Waals surface area contributed by atoms with Crippen LogP contribution in [0.3, 0.4) is 0 Å². The van der Waals surface area contributed by atoms with Gasteiger partial charge in [-0.05, 0) is 62.4 Å². The molecule has 2 aromatic carbocycles. The molecule has 174 valence electrons. The third kappa shape index (κ3) is 6.04. The monoisotopic (exact) mass is 466 g/mol. The van der Waals surface area contributed by atoms with E-state index in [0.29, 0.717) is 43.8 Å². The zero-order valence-electron chi connectivity index (χ0n) is 18.2. The van der Waals surface area contributed by atoms with Gasteiger partial charge in [0.2, 0.25) is 15.9 Å². The fraction of sp³-hybridized carbons (Fsp3) is 0.435. The Morgan fingerprint density at radius 2 is 1.78 bits per heavy atom. The second-order valence-corrected chi connectivity index (χ2v) is 9.92. The molecule has 0 aliphatic carbocycles. The number of nitrogens with one attached hydrogen (secondary N) is 1. The van der Waals surface area contributed by atoms with Gasteiger partial charge in [0.15, 0.2) is 0 Å². The Balaban J connectivity index is 1.47. The minimum Gasteiger partial charge on any atom is -0.435 e. The number of halogens is 2. The molecule has 0 unspecified atom stereocenters. The highest BCUT2D eigenvalue weighted by molar-refractivity contribution is 7.89. The molecule has 32 heavy (non-hydrogen) atoms. The second kappa shape index (κ2) is 10.4. The van der Waals surface area contributed by atoms with Crippen molar-refractivity contribution in [2.45, 2.75) is 44.6 Å². The Morgan fingerprint density at radius 1 is 1.12 bits per heavy atom. The number of carbonyl (C=O) groups is 1. The van der Waals surface area contributed by atoms with Gasteiger partial charge >= 0.3 is 6.61 Å². The predicted molar refractivity (Wildman–Crippen MR) is 117 cm³/mol. The van der Waals surface area contributed by atoms with Crippen LogP contribution in [0.1, 0.15) is 29.5 Å². The number of alkyl halides is 2. The molecule has 3 rings (SSSR count). The summed E-state index contributed by atoms with van der Waals surface area (Å²) in [4.78, 5) is 12.8. The summed E-state index contributed by atoms with van der Waals surface area (Å²) in [6.45, 7) is 1.87. The van der Waals surface area contributed by atoms with Crippen molar-refractivity contribution in [2.75, 3.05) is 19.6 Å². The third-order valence-electron chi connectivity index (χ3n) is 5.63. The van der Waals surface area contributed by atoms with Crippen molar-refractivity contribution < 1.29 is 26.7 Å². The van der Waals surface area contributed by atoms with Crippen LogP contribution >= 0.6 is 0 Å². The topological polar surface area (TPSA) is 75.7 Å². The van der Waals surface area contributed by atoms with E-state index in [1.807, 2.05) is 13.0 Å². The molecule has 1 aliphatic heterocycles. The molecular weight excluding hydrogens is 438 g/mol. The number of amides is 1. The largest absolute Gasteiger partial charge is 0.435 e. The number of nitrogens with zero attached hydrogens (tertiary/aromatic N) is 1. The normalized spacial score (nSPS) is 15.7. The molecule has 6 nitrogen and oxygen atoms in total. The molecule has 1 amide bonds. The van der Waals surface area contributed by atoms with Crippen molar-refractivity contribution >= 4 is 15.9 Å². The molecule has 0 atom stereocenters. The zero-order chi connectivity index (χ0) is 23.3. The van der Waals surface area contributed by atoms with Gasteiger partial charge in [-0.2, -0.15) is 13.1 Å². The summed E-state index contributed by atoms with van der Waals surface area (Å²) in [6, 6.07) is 11.6. The molecule has 1 N–H and O–H groups in total. The van der Waals surface area contributed by atoms with Crippen molar-refractivity contribution in [1.29, 1.82) is 0 Å². The Labute approximate surface area is 187 Å². The molecule has 9 heteroatoms. The second-order valence-electron chi connectivity index (χ2n) is 8.01. The average molecular weight is 467 g/mol. The van der Waals surface area contributed by atoms with E-state index in [2.05, 4.69) is 10.1 Å². The van der Waals surface area contributed by atoms with Gasteiger partial charge in [-0.15, -0.1) is 0 Å². The van der Waals surface area contributed by atoms with E-state index in [1.54, 1.807) is 31.2 Å². The number of ether oxygens (including phenoxy) is 1. The highest BCUT2D eigenvalue weighted by Crippen LogP contribution is 2.26. The number of aryl methyl sites for hydroxylation is 2. The van der Waals surface area contributed by atoms with Gasteiger partial charge in [0.25, 0.3) is 0 Å². The molecule has 1 fully saturated rings. The highest BCUT2D eigenvalue weighted by atomic mass is 32.2. The number of benzene rings is 2. The maximum atomic E-state index is 13.0. The molecule has 0 saturated carbocycles. The SMILES string of the molecule is Cc1ccc(S(=O)(=O)N2CCC(C(=O)NCCc3ccc(OC(F)F)cc3)CC2)c(C)c1. The molecule has 2 aromatic rings. The first kappa shape index (κ1) is 24.1. The third-order valence-corrected chi connectivity index (χ3v) is 7.69. The summed E-state index contributed by atoms with van der Waals surface area (Å²) >= 11 is 0. The summed E-state index contributed by atoms with van der Waals surface area (Å²) in [5.74, 6) is -0.232. The quantitative estimate of drug-likeness (QED) is 0.644. The van der Waals surface area contributed by atoms with E-state index in [9.17, 15) is 22.0 Å².